The second-order valence-corrected chi connectivity index (χ2v) is 6.03. The quantitative estimate of drug-likeness (QED) is 0.886. The highest BCUT2D eigenvalue weighted by Crippen LogP contribution is 2.29. The van der Waals surface area contributed by atoms with E-state index in [9.17, 15) is 0 Å². The highest BCUT2D eigenvalue weighted by molar-refractivity contribution is 6.31. The summed E-state index contributed by atoms with van der Waals surface area (Å²) < 4.78 is 0. The van der Waals surface area contributed by atoms with Crippen LogP contribution in [0.2, 0.25) is 5.02 Å². The van der Waals surface area contributed by atoms with Gasteiger partial charge in [-0.05, 0) is 42.6 Å². The fraction of sp³-hybridized carbons (Fsp3) is 0.333. The third-order valence-corrected chi connectivity index (χ3v) is 4.52. The van der Waals surface area contributed by atoms with Gasteiger partial charge >= 0.3 is 0 Å². The van der Waals surface area contributed by atoms with E-state index in [1.165, 1.54) is 11.1 Å². The lowest BCUT2D eigenvalue weighted by Crippen LogP contribution is -2.26. The summed E-state index contributed by atoms with van der Waals surface area (Å²) in [7, 11) is 0. The Morgan fingerprint density at radius 1 is 1.14 bits per heavy atom. The van der Waals surface area contributed by atoms with Gasteiger partial charge in [-0.25, -0.2) is 0 Å². The first-order chi connectivity index (χ1) is 10.3. The maximum absolute atomic E-state index is 6.32. The zero-order valence-electron chi connectivity index (χ0n) is 12.3. The molecule has 0 saturated carbocycles. The Labute approximate surface area is 131 Å². The molecule has 2 aromatic rings. The highest BCUT2D eigenvalue weighted by Gasteiger charge is 2.20. The first-order valence-corrected chi connectivity index (χ1v) is 7.92. The second kappa shape index (κ2) is 6.61. The number of fused-ring (bicyclic) bond motifs is 1. The molecule has 0 saturated heterocycles. The molecule has 1 heterocycles. The molecule has 2 aromatic carbocycles. The standard InChI is InChI=1S/C18H21ClN2/c1-13(15-7-4-5-9-17(15)19)21-18-10-11-20-12-14-6-2-3-8-16(14)18/h2-9,13,18,20-21H,10-12H2,1H3/t13-,18?/m0/s1. The van der Waals surface area contributed by atoms with Crippen molar-refractivity contribution in [2.45, 2.75) is 32.0 Å². The second-order valence-electron chi connectivity index (χ2n) is 5.63. The van der Waals surface area contributed by atoms with E-state index >= 15 is 0 Å². The minimum atomic E-state index is 0.231. The van der Waals surface area contributed by atoms with Crippen LogP contribution in [0, 0.1) is 0 Å². The van der Waals surface area contributed by atoms with E-state index in [0.717, 1.165) is 30.1 Å². The number of hydrogen-bond acceptors (Lipinski definition) is 2. The maximum atomic E-state index is 6.32. The van der Waals surface area contributed by atoms with Gasteiger partial charge in [0.1, 0.15) is 0 Å². The Kier molecular flexibility index (Phi) is 4.59. The molecule has 2 N–H and O–H groups in total. The molecule has 0 spiro atoms. The summed E-state index contributed by atoms with van der Waals surface area (Å²) in [5.41, 5.74) is 3.95. The van der Waals surface area contributed by atoms with E-state index in [4.69, 9.17) is 11.6 Å². The molecule has 2 atom stereocenters. The Balaban J connectivity index is 1.83. The van der Waals surface area contributed by atoms with Crippen LogP contribution < -0.4 is 10.6 Å². The van der Waals surface area contributed by atoms with E-state index in [-0.39, 0.29) is 6.04 Å². The summed E-state index contributed by atoms with van der Waals surface area (Å²) in [6.45, 7) is 4.17. The van der Waals surface area contributed by atoms with E-state index < -0.39 is 0 Å². The summed E-state index contributed by atoms with van der Waals surface area (Å²) >= 11 is 6.32. The maximum Gasteiger partial charge on any atom is 0.0453 e. The lowest BCUT2D eigenvalue weighted by molar-refractivity contribution is 0.443. The Hall–Kier alpha value is -1.35. The van der Waals surface area contributed by atoms with Crippen LogP contribution in [0.25, 0.3) is 0 Å². The lowest BCUT2D eigenvalue weighted by atomic mass is 9.97. The van der Waals surface area contributed by atoms with Crippen molar-refractivity contribution in [1.29, 1.82) is 0 Å². The van der Waals surface area contributed by atoms with Crippen molar-refractivity contribution in [2.24, 2.45) is 0 Å². The van der Waals surface area contributed by atoms with Crippen molar-refractivity contribution in [2.75, 3.05) is 6.54 Å². The van der Waals surface area contributed by atoms with Gasteiger partial charge in [0, 0.05) is 23.7 Å². The van der Waals surface area contributed by atoms with Gasteiger partial charge in [0.2, 0.25) is 0 Å². The zero-order valence-corrected chi connectivity index (χ0v) is 13.0. The zero-order chi connectivity index (χ0) is 14.7. The van der Waals surface area contributed by atoms with Gasteiger partial charge in [0.05, 0.1) is 0 Å². The molecule has 0 bridgehead atoms. The molecule has 3 rings (SSSR count). The Bertz CT molecular complexity index is 612. The van der Waals surface area contributed by atoms with Crippen LogP contribution in [0.1, 0.15) is 42.1 Å². The minimum Gasteiger partial charge on any atom is -0.313 e. The first-order valence-electron chi connectivity index (χ1n) is 7.54. The van der Waals surface area contributed by atoms with E-state index in [1.54, 1.807) is 0 Å². The molecule has 1 aliphatic rings. The molecule has 0 fully saturated rings. The Morgan fingerprint density at radius 2 is 1.90 bits per heavy atom. The van der Waals surface area contributed by atoms with Crippen LogP contribution in [0.3, 0.4) is 0 Å². The number of benzene rings is 2. The molecule has 0 aromatic heterocycles. The smallest absolute Gasteiger partial charge is 0.0453 e. The summed E-state index contributed by atoms with van der Waals surface area (Å²) in [6, 6.07) is 17.3. The third-order valence-electron chi connectivity index (χ3n) is 4.18. The Morgan fingerprint density at radius 3 is 2.76 bits per heavy atom. The van der Waals surface area contributed by atoms with Gasteiger partial charge in [-0.3, -0.25) is 0 Å². The van der Waals surface area contributed by atoms with Gasteiger partial charge in [0.15, 0.2) is 0 Å². The van der Waals surface area contributed by atoms with Crippen LogP contribution in [0.4, 0.5) is 0 Å². The van der Waals surface area contributed by atoms with Crippen LogP contribution in [0.5, 0.6) is 0 Å². The summed E-state index contributed by atoms with van der Waals surface area (Å²) in [6.07, 6.45) is 1.09. The SMILES string of the molecule is C[C@H](NC1CCNCc2ccccc21)c1ccccc1Cl. The van der Waals surface area contributed by atoms with Crippen LogP contribution in [-0.2, 0) is 6.54 Å². The molecule has 0 radical (unpaired) electrons. The van der Waals surface area contributed by atoms with Gasteiger partial charge in [-0.2, -0.15) is 0 Å². The fourth-order valence-electron chi connectivity index (χ4n) is 3.05. The van der Waals surface area contributed by atoms with E-state index in [1.807, 2.05) is 18.2 Å². The van der Waals surface area contributed by atoms with Crippen LogP contribution in [-0.4, -0.2) is 6.54 Å². The normalized spacial score (nSPS) is 19.6. The summed E-state index contributed by atoms with van der Waals surface area (Å²) in [5, 5.41) is 8.07. The molecule has 1 unspecified atom stereocenters. The number of hydrogen-bond donors (Lipinski definition) is 2. The molecular weight excluding hydrogens is 280 g/mol. The average molecular weight is 301 g/mol. The van der Waals surface area contributed by atoms with Crippen molar-refractivity contribution in [3.05, 3.63) is 70.2 Å². The van der Waals surface area contributed by atoms with Crippen LogP contribution >= 0.6 is 11.6 Å². The molecular formula is C18H21ClN2. The molecule has 0 aliphatic carbocycles. The van der Waals surface area contributed by atoms with Gasteiger partial charge in [0.25, 0.3) is 0 Å². The van der Waals surface area contributed by atoms with Gasteiger partial charge < -0.3 is 10.6 Å². The number of halogens is 1. The largest absolute Gasteiger partial charge is 0.313 e. The van der Waals surface area contributed by atoms with Crippen LogP contribution in [0.15, 0.2) is 48.5 Å². The van der Waals surface area contributed by atoms with E-state index in [2.05, 4.69) is 47.9 Å². The van der Waals surface area contributed by atoms with E-state index in [0.29, 0.717) is 6.04 Å². The molecule has 1 aliphatic heterocycles. The van der Waals surface area contributed by atoms with Crippen molar-refractivity contribution in [3.63, 3.8) is 0 Å². The highest BCUT2D eigenvalue weighted by atomic mass is 35.5. The average Bonchev–Trinajstić information content (AvgIpc) is 2.70. The molecule has 110 valence electrons. The van der Waals surface area contributed by atoms with Crippen molar-refractivity contribution < 1.29 is 0 Å². The van der Waals surface area contributed by atoms with Crippen molar-refractivity contribution in [3.8, 4) is 0 Å². The molecule has 2 nitrogen and oxygen atoms in total. The third kappa shape index (κ3) is 3.29. The predicted molar refractivity (Wildman–Crippen MR) is 88.5 cm³/mol. The minimum absolute atomic E-state index is 0.231. The van der Waals surface area contributed by atoms with Gasteiger partial charge in [-0.15, -0.1) is 0 Å². The summed E-state index contributed by atoms with van der Waals surface area (Å²) in [4.78, 5) is 0. The number of rotatable bonds is 3. The predicted octanol–water partition coefficient (Wildman–Crippen LogP) is 4.23. The molecule has 0 amide bonds. The molecule has 3 heteroatoms. The number of nitrogens with one attached hydrogen (secondary N) is 2. The topological polar surface area (TPSA) is 24.1 Å². The van der Waals surface area contributed by atoms with Gasteiger partial charge in [-0.1, -0.05) is 54.1 Å². The monoisotopic (exact) mass is 300 g/mol. The lowest BCUT2D eigenvalue weighted by Gasteiger charge is -2.24. The molecule has 21 heavy (non-hydrogen) atoms. The van der Waals surface area contributed by atoms with Crippen molar-refractivity contribution >= 4 is 11.6 Å². The summed E-state index contributed by atoms with van der Waals surface area (Å²) in [5.74, 6) is 0. The fourth-order valence-corrected chi connectivity index (χ4v) is 3.35. The first kappa shape index (κ1) is 14.6. The van der Waals surface area contributed by atoms with Crippen molar-refractivity contribution in [1.82, 2.24) is 10.6 Å².